The summed E-state index contributed by atoms with van der Waals surface area (Å²) in [7, 11) is 0. The molecule has 1 aromatic heterocycles. The number of thiazole rings is 1. The molecule has 2 rings (SSSR count). The molecule has 0 aliphatic heterocycles. The van der Waals surface area contributed by atoms with Crippen molar-refractivity contribution in [3.63, 3.8) is 0 Å². The molecule has 0 unspecified atom stereocenters. The minimum absolute atomic E-state index is 0.0606. The van der Waals surface area contributed by atoms with E-state index in [9.17, 15) is 13.6 Å². The highest BCUT2D eigenvalue weighted by molar-refractivity contribution is 7.09. The van der Waals surface area contributed by atoms with Gasteiger partial charge in [0.05, 0.1) is 11.4 Å². The van der Waals surface area contributed by atoms with Crippen molar-refractivity contribution in [2.75, 3.05) is 0 Å². The Morgan fingerprint density at radius 1 is 1.50 bits per heavy atom. The topological polar surface area (TPSA) is 30.0 Å². The summed E-state index contributed by atoms with van der Waals surface area (Å²) in [5.74, 6) is -2.69. The van der Waals surface area contributed by atoms with Crippen LogP contribution in [0.15, 0.2) is 11.6 Å². The molecular formula is C11H13F2NOS. The van der Waals surface area contributed by atoms with Gasteiger partial charge in [0.25, 0.3) is 0 Å². The van der Waals surface area contributed by atoms with E-state index in [2.05, 4.69) is 4.98 Å². The fourth-order valence-electron chi connectivity index (χ4n) is 2.00. The average Bonchev–Trinajstić information content (AvgIpc) is 2.70. The predicted molar refractivity (Wildman–Crippen MR) is 57.7 cm³/mol. The molecule has 1 aliphatic carbocycles. The van der Waals surface area contributed by atoms with Crippen LogP contribution in [0.4, 0.5) is 8.78 Å². The van der Waals surface area contributed by atoms with Crippen LogP contribution in [0.5, 0.6) is 0 Å². The third kappa shape index (κ3) is 2.84. The first-order valence-corrected chi connectivity index (χ1v) is 6.24. The molecule has 16 heavy (non-hydrogen) atoms. The van der Waals surface area contributed by atoms with E-state index in [1.54, 1.807) is 6.20 Å². The third-order valence-electron chi connectivity index (χ3n) is 2.98. The van der Waals surface area contributed by atoms with Crippen LogP contribution in [0.3, 0.4) is 0 Å². The zero-order valence-electron chi connectivity index (χ0n) is 8.79. The second-order valence-electron chi connectivity index (χ2n) is 4.20. The SMILES string of the molecule is O=C(Cc1nccs1)C1CCC(F)(F)CC1. The second-order valence-corrected chi connectivity index (χ2v) is 5.18. The van der Waals surface area contributed by atoms with Gasteiger partial charge in [-0.3, -0.25) is 4.79 Å². The van der Waals surface area contributed by atoms with Crippen LogP contribution in [-0.4, -0.2) is 16.7 Å². The largest absolute Gasteiger partial charge is 0.299 e. The van der Waals surface area contributed by atoms with E-state index in [1.807, 2.05) is 5.38 Å². The molecule has 88 valence electrons. The van der Waals surface area contributed by atoms with E-state index >= 15 is 0 Å². The number of hydrogen-bond donors (Lipinski definition) is 0. The molecule has 2 nitrogen and oxygen atoms in total. The summed E-state index contributed by atoms with van der Waals surface area (Å²) in [5.41, 5.74) is 0. The Bertz CT molecular complexity index is 354. The number of halogens is 2. The highest BCUT2D eigenvalue weighted by atomic mass is 32.1. The molecule has 0 bridgehead atoms. The van der Waals surface area contributed by atoms with Crippen LogP contribution in [0.25, 0.3) is 0 Å². The van der Waals surface area contributed by atoms with Gasteiger partial charge in [-0.05, 0) is 12.8 Å². The number of Topliss-reactive ketones (excluding diaryl/α,β-unsaturated/α-hetero) is 1. The zero-order valence-corrected chi connectivity index (χ0v) is 9.60. The second kappa shape index (κ2) is 4.57. The number of carbonyl (C=O) groups is 1. The van der Waals surface area contributed by atoms with E-state index in [4.69, 9.17) is 0 Å². The molecule has 5 heteroatoms. The zero-order chi connectivity index (χ0) is 11.6. The van der Waals surface area contributed by atoms with E-state index in [-0.39, 0.29) is 24.5 Å². The number of ketones is 1. The van der Waals surface area contributed by atoms with Crippen molar-refractivity contribution in [2.45, 2.75) is 38.0 Å². The van der Waals surface area contributed by atoms with Crippen molar-refractivity contribution in [1.29, 1.82) is 0 Å². The van der Waals surface area contributed by atoms with Gasteiger partial charge in [0.2, 0.25) is 5.92 Å². The lowest BCUT2D eigenvalue weighted by atomic mass is 9.83. The van der Waals surface area contributed by atoms with Crippen LogP contribution in [0.2, 0.25) is 0 Å². The van der Waals surface area contributed by atoms with Crippen LogP contribution < -0.4 is 0 Å². The summed E-state index contributed by atoms with van der Waals surface area (Å²) in [4.78, 5) is 15.8. The summed E-state index contributed by atoms with van der Waals surface area (Å²) in [6, 6.07) is 0. The first-order chi connectivity index (χ1) is 7.57. The Hall–Kier alpha value is -0.840. The Morgan fingerprint density at radius 3 is 2.75 bits per heavy atom. The molecular weight excluding hydrogens is 232 g/mol. The molecule has 1 fully saturated rings. The van der Waals surface area contributed by atoms with E-state index < -0.39 is 5.92 Å². The Labute approximate surface area is 96.7 Å². The predicted octanol–water partition coefficient (Wildman–Crippen LogP) is 3.08. The monoisotopic (exact) mass is 245 g/mol. The van der Waals surface area contributed by atoms with Crippen molar-refractivity contribution in [1.82, 2.24) is 4.98 Å². The lowest BCUT2D eigenvalue weighted by Crippen LogP contribution is -2.29. The molecule has 0 N–H and O–H groups in total. The summed E-state index contributed by atoms with van der Waals surface area (Å²) < 4.78 is 25.8. The maximum Gasteiger partial charge on any atom is 0.248 e. The standard InChI is InChI=1S/C11H13F2NOS/c12-11(13)3-1-8(2-4-11)9(15)7-10-14-5-6-16-10/h5-6,8H,1-4,7H2. The van der Waals surface area contributed by atoms with Crippen molar-refractivity contribution < 1.29 is 13.6 Å². The lowest BCUT2D eigenvalue weighted by molar-refractivity contribution is -0.126. The molecule has 0 spiro atoms. The molecule has 1 aromatic rings. The van der Waals surface area contributed by atoms with E-state index in [1.165, 1.54) is 11.3 Å². The van der Waals surface area contributed by atoms with Gasteiger partial charge >= 0.3 is 0 Å². The fourth-order valence-corrected chi connectivity index (χ4v) is 2.62. The molecule has 1 aliphatic rings. The van der Waals surface area contributed by atoms with E-state index in [0.717, 1.165) is 5.01 Å². The van der Waals surface area contributed by atoms with Gasteiger partial charge in [-0.15, -0.1) is 11.3 Å². The average molecular weight is 245 g/mol. The van der Waals surface area contributed by atoms with Gasteiger partial charge in [0.15, 0.2) is 0 Å². The number of carbonyl (C=O) groups excluding carboxylic acids is 1. The van der Waals surface area contributed by atoms with Crippen molar-refractivity contribution in [2.24, 2.45) is 5.92 Å². The van der Waals surface area contributed by atoms with Gasteiger partial charge < -0.3 is 0 Å². The van der Waals surface area contributed by atoms with Crippen LogP contribution in [0, 0.1) is 5.92 Å². The van der Waals surface area contributed by atoms with Gasteiger partial charge in [0, 0.05) is 30.3 Å². The lowest BCUT2D eigenvalue weighted by Gasteiger charge is -2.27. The number of hydrogen-bond acceptors (Lipinski definition) is 3. The molecule has 0 aromatic carbocycles. The van der Waals surface area contributed by atoms with Crippen LogP contribution in [0.1, 0.15) is 30.7 Å². The molecule has 0 amide bonds. The van der Waals surface area contributed by atoms with Gasteiger partial charge in [0.1, 0.15) is 5.78 Å². The van der Waals surface area contributed by atoms with Crippen molar-refractivity contribution in [3.8, 4) is 0 Å². The van der Waals surface area contributed by atoms with Crippen molar-refractivity contribution in [3.05, 3.63) is 16.6 Å². The smallest absolute Gasteiger partial charge is 0.248 e. The molecule has 0 radical (unpaired) electrons. The highest BCUT2D eigenvalue weighted by Gasteiger charge is 2.37. The maximum atomic E-state index is 12.9. The summed E-state index contributed by atoms with van der Waals surface area (Å²) in [6.45, 7) is 0. The number of nitrogens with zero attached hydrogens (tertiary/aromatic N) is 1. The molecule has 0 atom stereocenters. The molecule has 1 saturated carbocycles. The summed E-state index contributed by atoms with van der Waals surface area (Å²) >= 11 is 1.43. The first kappa shape index (κ1) is 11.6. The summed E-state index contributed by atoms with van der Waals surface area (Å²) in [6.07, 6.45) is 2.28. The van der Waals surface area contributed by atoms with Gasteiger partial charge in [-0.2, -0.15) is 0 Å². The minimum atomic E-state index is -2.56. The van der Waals surface area contributed by atoms with Crippen LogP contribution in [-0.2, 0) is 11.2 Å². The number of rotatable bonds is 3. The first-order valence-electron chi connectivity index (χ1n) is 5.36. The Kier molecular flexibility index (Phi) is 3.33. The maximum absolute atomic E-state index is 12.9. The summed E-state index contributed by atoms with van der Waals surface area (Å²) in [5, 5.41) is 2.60. The third-order valence-corrected chi connectivity index (χ3v) is 3.76. The quantitative estimate of drug-likeness (QED) is 0.819. The Morgan fingerprint density at radius 2 is 2.19 bits per heavy atom. The molecule has 0 saturated heterocycles. The number of alkyl halides is 2. The highest BCUT2D eigenvalue weighted by Crippen LogP contribution is 2.36. The van der Waals surface area contributed by atoms with Crippen LogP contribution >= 0.6 is 11.3 Å². The molecule has 1 heterocycles. The Balaban J connectivity index is 1.87. The van der Waals surface area contributed by atoms with Gasteiger partial charge in [-0.1, -0.05) is 0 Å². The minimum Gasteiger partial charge on any atom is -0.299 e. The van der Waals surface area contributed by atoms with E-state index in [0.29, 0.717) is 19.3 Å². The normalized spacial score (nSPS) is 20.9. The number of aromatic nitrogens is 1. The van der Waals surface area contributed by atoms with Gasteiger partial charge in [-0.25, -0.2) is 13.8 Å². The van der Waals surface area contributed by atoms with Crippen molar-refractivity contribution >= 4 is 17.1 Å². The fraction of sp³-hybridized carbons (Fsp3) is 0.636.